The topological polar surface area (TPSA) is 46.9 Å². The van der Waals surface area contributed by atoms with Crippen molar-refractivity contribution in [2.45, 2.75) is 51.7 Å². The number of halogens is 4. The maximum Gasteiger partial charge on any atom is 0.436 e. The van der Waals surface area contributed by atoms with Crippen LogP contribution in [0.5, 0.6) is 0 Å². The van der Waals surface area contributed by atoms with Gasteiger partial charge in [0, 0.05) is 19.0 Å². The quantitative estimate of drug-likeness (QED) is 0.835. The van der Waals surface area contributed by atoms with Crippen LogP contribution < -0.4 is 5.32 Å². The average molecular weight is 338 g/mol. The molecule has 2 rings (SSSR count). The molecule has 0 bridgehead atoms. The van der Waals surface area contributed by atoms with Crippen molar-refractivity contribution in [3.8, 4) is 0 Å². The molecule has 1 aromatic rings. The summed E-state index contributed by atoms with van der Waals surface area (Å²) in [6.07, 6.45) is -0.0196. The van der Waals surface area contributed by atoms with E-state index in [1.54, 1.807) is 0 Å². The Balaban J connectivity index is 1.83. The minimum Gasteiger partial charge on any atom is -0.356 e. The lowest BCUT2D eigenvalue weighted by Crippen LogP contribution is -2.30. The van der Waals surface area contributed by atoms with Gasteiger partial charge in [-0.25, -0.2) is 0 Å². The third-order valence-electron chi connectivity index (χ3n) is 3.97. The van der Waals surface area contributed by atoms with Crippen molar-refractivity contribution < 1.29 is 18.0 Å². The first-order valence-electron chi connectivity index (χ1n) is 7.38. The SMILES string of the molecule is Cc1c(Cl)c(C(F)(F)F)nn1CCCNC(=O)C1CCCC1. The van der Waals surface area contributed by atoms with Crippen LogP contribution in [0.4, 0.5) is 13.2 Å². The molecule has 0 unspecified atom stereocenters. The summed E-state index contributed by atoms with van der Waals surface area (Å²) < 4.78 is 39.3. The highest BCUT2D eigenvalue weighted by molar-refractivity contribution is 6.31. The predicted molar refractivity (Wildman–Crippen MR) is 76.6 cm³/mol. The zero-order valence-corrected chi connectivity index (χ0v) is 13.1. The molecule has 1 heterocycles. The van der Waals surface area contributed by atoms with Gasteiger partial charge in [-0.05, 0) is 26.2 Å². The van der Waals surface area contributed by atoms with Crippen molar-refractivity contribution in [3.05, 3.63) is 16.4 Å². The number of hydrogen-bond donors (Lipinski definition) is 1. The number of rotatable bonds is 5. The summed E-state index contributed by atoms with van der Waals surface area (Å²) in [5.41, 5.74) is -0.766. The van der Waals surface area contributed by atoms with Crippen LogP contribution in [0, 0.1) is 12.8 Å². The minimum atomic E-state index is -4.55. The molecule has 1 fully saturated rings. The monoisotopic (exact) mass is 337 g/mol. The molecule has 1 N–H and O–H groups in total. The number of aromatic nitrogens is 2. The maximum atomic E-state index is 12.7. The lowest BCUT2D eigenvalue weighted by molar-refractivity contribution is -0.141. The fourth-order valence-corrected chi connectivity index (χ4v) is 2.94. The van der Waals surface area contributed by atoms with Crippen molar-refractivity contribution in [3.63, 3.8) is 0 Å². The van der Waals surface area contributed by atoms with Crippen molar-refractivity contribution in [2.75, 3.05) is 6.54 Å². The molecule has 0 atom stereocenters. The van der Waals surface area contributed by atoms with Crippen LogP contribution in [0.25, 0.3) is 0 Å². The molecular weight excluding hydrogens is 319 g/mol. The predicted octanol–water partition coefficient (Wildman–Crippen LogP) is 3.56. The second kappa shape index (κ2) is 6.89. The van der Waals surface area contributed by atoms with Gasteiger partial charge in [-0.15, -0.1) is 0 Å². The molecule has 124 valence electrons. The molecule has 1 aliphatic rings. The number of aryl methyl sites for hydroxylation is 1. The summed E-state index contributed by atoms with van der Waals surface area (Å²) in [5.74, 6) is 0.140. The summed E-state index contributed by atoms with van der Waals surface area (Å²) in [6, 6.07) is 0. The van der Waals surface area contributed by atoms with Crippen LogP contribution in [-0.2, 0) is 17.5 Å². The normalized spacial score (nSPS) is 16.2. The third kappa shape index (κ3) is 3.94. The number of nitrogens with zero attached hydrogens (tertiary/aromatic N) is 2. The van der Waals surface area contributed by atoms with E-state index < -0.39 is 11.9 Å². The van der Waals surface area contributed by atoms with Crippen LogP contribution >= 0.6 is 11.6 Å². The van der Waals surface area contributed by atoms with Gasteiger partial charge < -0.3 is 5.32 Å². The standard InChI is InChI=1S/C14H19ClF3N3O/c1-9-11(15)12(14(16,17)18)20-21(9)8-4-7-19-13(22)10-5-2-3-6-10/h10H,2-8H2,1H3,(H,19,22). The van der Waals surface area contributed by atoms with Gasteiger partial charge in [-0.3, -0.25) is 9.48 Å². The molecule has 1 aromatic heterocycles. The Morgan fingerprint density at radius 2 is 2.05 bits per heavy atom. The molecule has 22 heavy (non-hydrogen) atoms. The Hall–Kier alpha value is -1.24. The van der Waals surface area contributed by atoms with E-state index in [0.29, 0.717) is 13.0 Å². The van der Waals surface area contributed by atoms with Crippen LogP contribution in [-0.4, -0.2) is 22.2 Å². The number of carbonyl (C=O) groups excluding carboxylic acids is 1. The van der Waals surface area contributed by atoms with E-state index in [1.165, 1.54) is 11.6 Å². The van der Waals surface area contributed by atoms with Gasteiger partial charge in [-0.1, -0.05) is 24.4 Å². The third-order valence-corrected chi connectivity index (χ3v) is 4.43. The van der Waals surface area contributed by atoms with E-state index >= 15 is 0 Å². The highest BCUT2D eigenvalue weighted by atomic mass is 35.5. The highest BCUT2D eigenvalue weighted by Gasteiger charge is 2.38. The molecule has 0 aliphatic heterocycles. The van der Waals surface area contributed by atoms with Gasteiger partial charge in [-0.2, -0.15) is 18.3 Å². The first-order valence-corrected chi connectivity index (χ1v) is 7.76. The average Bonchev–Trinajstić information content (AvgIpc) is 3.05. The smallest absolute Gasteiger partial charge is 0.356 e. The van der Waals surface area contributed by atoms with Crippen molar-refractivity contribution in [2.24, 2.45) is 5.92 Å². The Kier molecular flexibility index (Phi) is 5.36. The minimum absolute atomic E-state index is 0.0451. The number of nitrogens with one attached hydrogen (secondary N) is 1. The fraction of sp³-hybridized carbons (Fsp3) is 0.714. The first kappa shape index (κ1) is 17.1. The van der Waals surface area contributed by atoms with Gasteiger partial charge in [0.15, 0.2) is 5.69 Å². The molecule has 8 heteroatoms. The lowest BCUT2D eigenvalue weighted by atomic mass is 10.1. The Bertz CT molecular complexity index is 536. The molecule has 0 spiro atoms. The summed E-state index contributed by atoms with van der Waals surface area (Å²) in [4.78, 5) is 11.8. The summed E-state index contributed by atoms with van der Waals surface area (Å²) in [6.45, 7) is 2.21. The van der Waals surface area contributed by atoms with E-state index in [-0.39, 0.29) is 29.1 Å². The molecule has 1 saturated carbocycles. The van der Waals surface area contributed by atoms with E-state index in [9.17, 15) is 18.0 Å². The van der Waals surface area contributed by atoms with Crippen molar-refractivity contribution in [1.29, 1.82) is 0 Å². The van der Waals surface area contributed by atoms with Gasteiger partial charge in [0.1, 0.15) is 0 Å². The van der Waals surface area contributed by atoms with Gasteiger partial charge >= 0.3 is 6.18 Å². The summed E-state index contributed by atoms with van der Waals surface area (Å²) >= 11 is 5.67. The fourth-order valence-electron chi connectivity index (χ4n) is 2.70. The number of alkyl halides is 3. The Labute approximate surface area is 132 Å². The Morgan fingerprint density at radius 1 is 1.41 bits per heavy atom. The van der Waals surface area contributed by atoms with Gasteiger partial charge in [0.2, 0.25) is 5.91 Å². The number of hydrogen-bond acceptors (Lipinski definition) is 2. The van der Waals surface area contributed by atoms with E-state index in [2.05, 4.69) is 10.4 Å². The molecule has 0 radical (unpaired) electrons. The van der Waals surface area contributed by atoms with E-state index in [0.717, 1.165) is 25.7 Å². The molecule has 0 aromatic carbocycles. The summed E-state index contributed by atoms with van der Waals surface area (Å²) in [5, 5.41) is 5.99. The zero-order chi connectivity index (χ0) is 16.3. The van der Waals surface area contributed by atoms with Gasteiger partial charge in [0.05, 0.1) is 10.7 Å². The molecule has 4 nitrogen and oxygen atoms in total. The lowest BCUT2D eigenvalue weighted by Gasteiger charge is -2.10. The summed E-state index contributed by atoms with van der Waals surface area (Å²) in [7, 11) is 0. The highest BCUT2D eigenvalue weighted by Crippen LogP contribution is 2.35. The molecule has 1 aliphatic carbocycles. The van der Waals surface area contributed by atoms with E-state index in [4.69, 9.17) is 11.6 Å². The zero-order valence-electron chi connectivity index (χ0n) is 12.3. The molecule has 0 saturated heterocycles. The first-order chi connectivity index (χ1) is 10.3. The van der Waals surface area contributed by atoms with Crippen LogP contribution in [0.3, 0.4) is 0 Å². The molecular formula is C14H19ClF3N3O. The largest absolute Gasteiger partial charge is 0.436 e. The Morgan fingerprint density at radius 3 is 2.59 bits per heavy atom. The van der Waals surface area contributed by atoms with E-state index in [1.807, 2.05) is 0 Å². The van der Waals surface area contributed by atoms with Crippen LogP contribution in [0.2, 0.25) is 5.02 Å². The van der Waals surface area contributed by atoms with Crippen molar-refractivity contribution >= 4 is 17.5 Å². The maximum absolute atomic E-state index is 12.7. The van der Waals surface area contributed by atoms with Crippen LogP contribution in [0.1, 0.15) is 43.5 Å². The van der Waals surface area contributed by atoms with Crippen LogP contribution in [0.15, 0.2) is 0 Å². The number of amides is 1. The second-order valence-corrected chi connectivity index (χ2v) is 5.97. The van der Waals surface area contributed by atoms with Gasteiger partial charge in [0.25, 0.3) is 0 Å². The second-order valence-electron chi connectivity index (χ2n) is 5.59. The van der Waals surface area contributed by atoms with Crippen molar-refractivity contribution in [1.82, 2.24) is 15.1 Å². The number of carbonyl (C=O) groups is 1. The molecule has 1 amide bonds.